The molecule has 2 fully saturated rings. The normalized spacial score (nSPS) is 36.7. The van der Waals surface area contributed by atoms with Crippen molar-refractivity contribution >= 4 is 23.7 Å². The van der Waals surface area contributed by atoms with Gasteiger partial charge in [-0.05, 0) is 48.3 Å². The molecular formula is C32H40O8. The van der Waals surface area contributed by atoms with Crippen LogP contribution in [0, 0.1) is 39.9 Å². The van der Waals surface area contributed by atoms with E-state index in [1.54, 1.807) is 18.6 Å². The number of hydrogen-bond donors (Lipinski definition) is 0. The fourth-order valence-electron chi connectivity index (χ4n) is 8.09. The molecule has 0 saturated heterocycles. The maximum Gasteiger partial charge on any atom is 0.331 e. The first-order valence-corrected chi connectivity index (χ1v) is 14.3. The number of carbonyl (C=O) groups is 4. The summed E-state index contributed by atoms with van der Waals surface area (Å²) in [5.41, 5.74) is 0.372. The van der Waals surface area contributed by atoms with Gasteiger partial charge in [-0.15, -0.1) is 0 Å². The van der Waals surface area contributed by atoms with Crippen LogP contribution < -0.4 is 0 Å². The third-order valence-corrected chi connectivity index (χ3v) is 10.6. The van der Waals surface area contributed by atoms with E-state index in [1.165, 1.54) is 7.11 Å². The van der Waals surface area contributed by atoms with E-state index in [9.17, 15) is 19.2 Å². The highest BCUT2D eigenvalue weighted by Crippen LogP contribution is 2.67. The molecule has 5 rings (SSSR count). The second-order valence-corrected chi connectivity index (χ2v) is 13.1. The molecule has 8 heteroatoms. The molecule has 3 aliphatic carbocycles. The zero-order chi connectivity index (χ0) is 29.2. The van der Waals surface area contributed by atoms with Crippen molar-refractivity contribution in [1.29, 1.82) is 0 Å². The van der Waals surface area contributed by atoms with Crippen molar-refractivity contribution in [1.82, 2.24) is 0 Å². The molecule has 0 N–H and O–H groups in total. The van der Waals surface area contributed by atoms with E-state index >= 15 is 0 Å². The summed E-state index contributed by atoms with van der Waals surface area (Å²) in [5.74, 6) is -2.94. The second kappa shape index (κ2) is 9.74. The van der Waals surface area contributed by atoms with Crippen molar-refractivity contribution in [3.8, 4) is 0 Å². The van der Waals surface area contributed by atoms with Crippen molar-refractivity contribution in [2.45, 2.75) is 79.4 Å². The highest BCUT2D eigenvalue weighted by molar-refractivity contribution is 5.95. The molecule has 1 aromatic rings. The highest BCUT2D eigenvalue weighted by atomic mass is 16.6. The summed E-state index contributed by atoms with van der Waals surface area (Å²) in [4.78, 5) is 53.3. The van der Waals surface area contributed by atoms with Crippen molar-refractivity contribution in [3.63, 3.8) is 0 Å². The Morgan fingerprint density at radius 3 is 2.52 bits per heavy atom. The molecule has 2 bridgehead atoms. The molecule has 4 aliphatic rings. The standard InChI is InChI=1S/C32H40O8/c1-8-17(2)29(36)40-28-20-13-19-21(32(6,26(20)35)23(30(28,3)4)15-24(33)37-7)9-11-31(5)22(19)14-25(34)39-27(31)18-10-12-38-16-18/h10,12-14,16-17,20-21,23,27-28H,8-9,11,15H2,1-7H3/t17-,20?,21?,23-,27-,28+,31+,32-/m0/s1. The molecule has 2 unspecified atom stereocenters. The molecule has 40 heavy (non-hydrogen) atoms. The van der Waals surface area contributed by atoms with Crippen LogP contribution in [-0.4, -0.2) is 36.9 Å². The third kappa shape index (κ3) is 4.00. The van der Waals surface area contributed by atoms with E-state index in [0.717, 1.165) is 16.7 Å². The number of cyclic esters (lactones) is 1. The molecule has 2 saturated carbocycles. The molecule has 1 aliphatic heterocycles. The first kappa shape index (κ1) is 28.4. The number of ketones is 1. The lowest BCUT2D eigenvalue weighted by Crippen LogP contribution is -2.66. The van der Waals surface area contributed by atoms with Gasteiger partial charge in [0.1, 0.15) is 18.0 Å². The molecule has 2 heterocycles. The molecule has 1 aromatic heterocycles. The van der Waals surface area contributed by atoms with Crippen LogP contribution in [0.4, 0.5) is 0 Å². The second-order valence-electron chi connectivity index (χ2n) is 13.1. The predicted octanol–water partition coefficient (Wildman–Crippen LogP) is 5.53. The average Bonchev–Trinajstić information content (AvgIpc) is 3.45. The van der Waals surface area contributed by atoms with Gasteiger partial charge in [-0.2, -0.15) is 0 Å². The lowest BCUT2D eigenvalue weighted by molar-refractivity contribution is -0.193. The Labute approximate surface area is 235 Å². The quantitative estimate of drug-likeness (QED) is 0.335. The zero-order valence-electron chi connectivity index (χ0n) is 24.4. The SMILES string of the molecule is CC[C@H](C)C(=O)O[C@@H]1C2C=C3C4=CC(=O)O[C@@H](c5ccoc5)[C@]4(C)CCC3[C@](C)(C2=O)[C@@H](CC(=O)OC)C1(C)C. The van der Waals surface area contributed by atoms with E-state index < -0.39 is 52.2 Å². The maximum atomic E-state index is 14.4. The smallest absolute Gasteiger partial charge is 0.331 e. The number of hydrogen-bond acceptors (Lipinski definition) is 8. The summed E-state index contributed by atoms with van der Waals surface area (Å²) in [5, 5.41) is 0. The number of fused-ring (bicyclic) bond motifs is 6. The Morgan fingerprint density at radius 2 is 1.90 bits per heavy atom. The van der Waals surface area contributed by atoms with E-state index in [2.05, 4.69) is 6.92 Å². The summed E-state index contributed by atoms with van der Waals surface area (Å²) in [7, 11) is 1.35. The number of ether oxygens (including phenoxy) is 3. The van der Waals surface area contributed by atoms with Gasteiger partial charge >= 0.3 is 17.9 Å². The van der Waals surface area contributed by atoms with Crippen molar-refractivity contribution in [2.24, 2.45) is 39.9 Å². The lowest BCUT2D eigenvalue weighted by atomic mass is 9.41. The van der Waals surface area contributed by atoms with E-state index in [4.69, 9.17) is 18.6 Å². The Bertz CT molecular complexity index is 1290. The molecular weight excluding hydrogens is 512 g/mol. The van der Waals surface area contributed by atoms with Crippen LogP contribution in [0.25, 0.3) is 0 Å². The molecule has 0 amide bonds. The average molecular weight is 553 g/mol. The minimum absolute atomic E-state index is 0.0228. The Kier molecular flexibility index (Phi) is 6.91. The molecule has 8 atom stereocenters. The van der Waals surface area contributed by atoms with Gasteiger partial charge in [0.2, 0.25) is 0 Å². The number of Topliss-reactive ketones (excluding diaryl/α,β-unsaturated/α-hetero) is 1. The predicted molar refractivity (Wildman–Crippen MR) is 144 cm³/mol. The van der Waals surface area contributed by atoms with Gasteiger partial charge in [0.15, 0.2) is 0 Å². The minimum atomic E-state index is -0.930. The fourth-order valence-corrected chi connectivity index (χ4v) is 8.09. The monoisotopic (exact) mass is 552 g/mol. The number of furan rings is 1. The molecule has 0 aromatic carbocycles. The van der Waals surface area contributed by atoms with Crippen molar-refractivity contribution in [2.75, 3.05) is 7.11 Å². The van der Waals surface area contributed by atoms with E-state index in [-0.39, 0.29) is 30.0 Å². The van der Waals surface area contributed by atoms with Crippen LogP contribution in [0.3, 0.4) is 0 Å². The number of carbonyl (C=O) groups excluding carboxylic acids is 4. The van der Waals surface area contributed by atoms with Crippen LogP contribution in [0.2, 0.25) is 0 Å². The minimum Gasteiger partial charge on any atom is -0.472 e. The maximum absolute atomic E-state index is 14.4. The van der Waals surface area contributed by atoms with Gasteiger partial charge < -0.3 is 18.6 Å². The van der Waals surface area contributed by atoms with Crippen LogP contribution in [0.15, 0.2) is 46.3 Å². The molecule has 216 valence electrons. The lowest BCUT2D eigenvalue weighted by Gasteiger charge is -2.62. The Morgan fingerprint density at radius 1 is 1.18 bits per heavy atom. The van der Waals surface area contributed by atoms with Crippen LogP contribution in [0.1, 0.15) is 78.9 Å². The summed E-state index contributed by atoms with van der Waals surface area (Å²) in [6, 6.07) is 1.81. The first-order valence-electron chi connectivity index (χ1n) is 14.3. The summed E-state index contributed by atoms with van der Waals surface area (Å²) >= 11 is 0. The summed E-state index contributed by atoms with van der Waals surface area (Å²) < 4.78 is 22.4. The highest BCUT2D eigenvalue weighted by Gasteiger charge is 2.68. The van der Waals surface area contributed by atoms with Crippen LogP contribution >= 0.6 is 0 Å². The summed E-state index contributed by atoms with van der Waals surface area (Å²) in [6.07, 6.45) is 7.36. The molecule has 0 radical (unpaired) electrons. The van der Waals surface area contributed by atoms with Gasteiger partial charge in [0, 0.05) is 34.3 Å². The third-order valence-electron chi connectivity index (χ3n) is 10.6. The van der Waals surface area contributed by atoms with Crippen molar-refractivity contribution < 1.29 is 37.8 Å². The summed E-state index contributed by atoms with van der Waals surface area (Å²) in [6.45, 7) is 11.8. The number of methoxy groups -OCH3 is 1. The van der Waals surface area contributed by atoms with Gasteiger partial charge in [-0.3, -0.25) is 14.4 Å². The number of rotatable bonds is 6. The van der Waals surface area contributed by atoms with Gasteiger partial charge in [-0.1, -0.05) is 47.6 Å². The topological polar surface area (TPSA) is 109 Å². The Hall–Kier alpha value is -3.16. The van der Waals surface area contributed by atoms with E-state index in [1.807, 2.05) is 46.8 Å². The van der Waals surface area contributed by atoms with Crippen molar-refractivity contribution in [3.05, 3.63) is 47.5 Å². The molecule has 8 nitrogen and oxygen atoms in total. The fraction of sp³-hybridized carbons (Fsp3) is 0.625. The van der Waals surface area contributed by atoms with Crippen LogP contribution in [-0.2, 0) is 33.4 Å². The number of allylic oxidation sites excluding steroid dienone is 1. The van der Waals surface area contributed by atoms with E-state index in [0.29, 0.717) is 19.3 Å². The largest absolute Gasteiger partial charge is 0.472 e. The van der Waals surface area contributed by atoms with Gasteiger partial charge in [0.25, 0.3) is 0 Å². The van der Waals surface area contributed by atoms with Gasteiger partial charge in [-0.25, -0.2) is 4.79 Å². The zero-order valence-corrected chi connectivity index (χ0v) is 24.4. The Balaban J connectivity index is 1.68. The first-order chi connectivity index (χ1) is 18.8. The van der Waals surface area contributed by atoms with Gasteiger partial charge in [0.05, 0.1) is 31.5 Å². The van der Waals surface area contributed by atoms with Crippen LogP contribution in [0.5, 0.6) is 0 Å². The number of esters is 3. The molecule has 0 spiro atoms.